The van der Waals surface area contributed by atoms with E-state index in [9.17, 15) is 4.79 Å². The largest absolute Gasteiger partial charge is 0.467 e. The summed E-state index contributed by atoms with van der Waals surface area (Å²) in [5.41, 5.74) is 2.36. The van der Waals surface area contributed by atoms with E-state index in [4.69, 9.17) is 9.15 Å². The number of furan rings is 1. The smallest absolute Gasteiger partial charge is 0.410 e. The average molecular weight is 257 g/mol. The van der Waals surface area contributed by atoms with Crippen molar-refractivity contribution >= 4 is 6.09 Å². The van der Waals surface area contributed by atoms with E-state index in [-0.39, 0.29) is 12.1 Å². The van der Waals surface area contributed by atoms with Crippen LogP contribution in [-0.4, -0.2) is 24.6 Å². The van der Waals surface area contributed by atoms with Crippen molar-refractivity contribution in [3.05, 3.63) is 59.5 Å². The molecule has 0 aliphatic carbocycles. The van der Waals surface area contributed by atoms with Crippen LogP contribution in [0.2, 0.25) is 0 Å². The lowest BCUT2D eigenvalue weighted by Crippen LogP contribution is -2.40. The molecule has 3 rings (SSSR count). The van der Waals surface area contributed by atoms with Crippen LogP contribution in [0.25, 0.3) is 0 Å². The van der Waals surface area contributed by atoms with Gasteiger partial charge >= 0.3 is 6.09 Å². The molecule has 0 bridgehead atoms. The van der Waals surface area contributed by atoms with E-state index >= 15 is 0 Å². The predicted molar refractivity (Wildman–Crippen MR) is 69.8 cm³/mol. The van der Waals surface area contributed by atoms with E-state index in [1.165, 1.54) is 12.7 Å². The van der Waals surface area contributed by atoms with Crippen molar-refractivity contribution in [3.8, 4) is 0 Å². The maximum Gasteiger partial charge on any atom is 0.410 e. The lowest BCUT2D eigenvalue weighted by atomic mass is 9.91. The highest BCUT2D eigenvalue weighted by Gasteiger charge is 2.34. The van der Waals surface area contributed by atoms with E-state index in [0.717, 1.165) is 17.7 Å². The second-order valence-electron chi connectivity index (χ2n) is 4.53. The zero-order chi connectivity index (χ0) is 13.2. The van der Waals surface area contributed by atoms with Crippen LogP contribution < -0.4 is 0 Å². The van der Waals surface area contributed by atoms with E-state index < -0.39 is 0 Å². The van der Waals surface area contributed by atoms with Crippen molar-refractivity contribution < 1.29 is 13.9 Å². The molecule has 1 unspecified atom stereocenters. The zero-order valence-electron chi connectivity index (χ0n) is 10.7. The number of nitrogens with zero attached hydrogens (tertiary/aromatic N) is 1. The Balaban J connectivity index is 2.08. The first-order valence-corrected chi connectivity index (χ1v) is 6.27. The van der Waals surface area contributed by atoms with Crippen molar-refractivity contribution in [2.45, 2.75) is 12.5 Å². The molecule has 4 nitrogen and oxygen atoms in total. The molecule has 1 aliphatic heterocycles. The normalized spacial score (nSPS) is 17.9. The van der Waals surface area contributed by atoms with Crippen molar-refractivity contribution in [1.29, 1.82) is 0 Å². The summed E-state index contributed by atoms with van der Waals surface area (Å²) >= 11 is 0. The van der Waals surface area contributed by atoms with Crippen LogP contribution in [0.1, 0.15) is 22.9 Å². The second-order valence-corrected chi connectivity index (χ2v) is 4.53. The van der Waals surface area contributed by atoms with Crippen molar-refractivity contribution in [2.75, 3.05) is 13.7 Å². The molecule has 0 saturated carbocycles. The first kappa shape index (κ1) is 11.8. The van der Waals surface area contributed by atoms with E-state index in [2.05, 4.69) is 6.07 Å². The third-order valence-corrected chi connectivity index (χ3v) is 3.51. The Bertz CT molecular complexity index is 577. The molecule has 2 aromatic rings. The number of amides is 1. The fourth-order valence-electron chi connectivity index (χ4n) is 2.63. The highest BCUT2D eigenvalue weighted by Crippen LogP contribution is 2.35. The molecule has 98 valence electrons. The first-order chi connectivity index (χ1) is 9.31. The van der Waals surface area contributed by atoms with Gasteiger partial charge in [-0.3, -0.25) is 4.90 Å². The van der Waals surface area contributed by atoms with Gasteiger partial charge in [-0.1, -0.05) is 24.3 Å². The summed E-state index contributed by atoms with van der Waals surface area (Å²) in [7, 11) is 1.40. The molecule has 0 fully saturated rings. The van der Waals surface area contributed by atoms with Crippen molar-refractivity contribution in [3.63, 3.8) is 0 Å². The number of fused-ring (bicyclic) bond motifs is 1. The predicted octanol–water partition coefficient (Wildman–Crippen LogP) is 2.99. The molecule has 0 saturated heterocycles. The molecule has 1 amide bonds. The first-order valence-electron chi connectivity index (χ1n) is 6.27. The summed E-state index contributed by atoms with van der Waals surface area (Å²) in [6, 6.07) is 11.7. The average Bonchev–Trinajstić information content (AvgIpc) is 2.99. The molecule has 1 aromatic carbocycles. The number of hydrogen-bond donors (Lipinski definition) is 0. The molecule has 0 radical (unpaired) electrons. The van der Waals surface area contributed by atoms with Gasteiger partial charge in [0.15, 0.2) is 0 Å². The SMILES string of the molecule is COC(=O)N1CCc2ccccc2C1c1ccco1. The minimum atomic E-state index is -0.323. The topological polar surface area (TPSA) is 42.7 Å². The molecule has 0 N–H and O–H groups in total. The number of rotatable bonds is 1. The van der Waals surface area contributed by atoms with Crippen LogP contribution in [-0.2, 0) is 11.2 Å². The van der Waals surface area contributed by atoms with E-state index in [1.54, 1.807) is 11.2 Å². The van der Waals surface area contributed by atoms with E-state index in [0.29, 0.717) is 6.54 Å². The van der Waals surface area contributed by atoms with Gasteiger partial charge in [0.05, 0.1) is 13.4 Å². The molecule has 1 aromatic heterocycles. The molecule has 2 heterocycles. The standard InChI is InChI=1S/C15H15NO3/c1-18-15(17)16-9-8-11-5-2-3-6-12(11)14(16)13-7-4-10-19-13/h2-7,10,14H,8-9H2,1H3. The maximum atomic E-state index is 11.9. The van der Waals surface area contributed by atoms with Gasteiger partial charge in [0, 0.05) is 6.54 Å². The van der Waals surface area contributed by atoms with Crippen LogP contribution in [0.15, 0.2) is 47.1 Å². The molecule has 1 atom stereocenters. The summed E-state index contributed by atoms with van der Waals surface area (Å²) < 4.78 is 10.4. The minimum absolute atomic E-state index is 0.201. The van der Waals surface area contributed by atoms with Crippen molar-refractivity contribution in [2.24, 2.45) is 0 Å². The van der Waals surface area contributed by atoms with Gasteiger partial charge < -0.3 is 9.15 Å². The van der Waals surface area contributed by atoms with Crippen LogP contribution >= 0.6 is 0 Å². The summed E-state index contributed by atoms with van der Waals surface area (Å²) in [5, 5.41) is 0. The molecular formula is C15H15NO3. The van der Waals surface area contributed by atoms with Gasteiger partial charge in [0.25, 0.3) is 0 Å². The Morgan fingerprint density at radius 2 is 2.16 bits per heavy atom. The Morgan fingerprint density at radius 3 is 2.89 bits per heavy atom. The summed E-state index contributed by atoms with van der Waals surface area (Å²) in [5.74, 6) is 0.762. The molecule has 19 heavy (non-hydrogen) atoms. The monoisotopic (exact) mass is 257 g/mol. The third kappa shape index (κ3) is 1.99. The summed E-state index contributed by atoms with van der Waals surface area (Å²) in [6.07, 6.45) is 2.14. The number of ether oxygens (including phenoxy) is 1. The van der Waals surface area contributed by atoms with Crippen LogP contribution in [0.3, 0.4) is 0 Å². The number of benzene rings is 1. The Labute approximate surface area is 111 Å². The fourth-order valence-corrected chi connectivity index (χ4v) is 2.63. The Kier molecular flexibility index (Phi) is 2.99. The van der Waals surface area contributed by atoms with Gasteiger partial charge in [-0.25, -0.2) is 4.79 Å². The summed E-state index contributed by atoms with van der Waals surface area (Å²) in [6.45, 7) is 0.634. The second kappa shape index (κ2) is 4.80. The van der Waals surface area contributed by atoms with Crippen LogP contribution in [0, 0.1) is 0 Å². The van der Waals surface area contributed by atoms with Gasteiger partial charge in [0.1, 0.15) is 11.8 Å². The molecule has 0 spiro atoms. The third-order valence-electron chi connectivity index (χ3n) is 3.51. The number of carbonyl (C=O) groups is 1. The van der Waals surface area contributed by atoms with Gasteiger partial charge in [-0.05, 0) is 29.7 Å². The molecule has 4 heteroatoms. The van der Waals surface area contributed by atoms with Gasteiger partial charge in [-0.15, -0.1) is 0 Å². The number of methoxy groups -OCH3 is 1. The van der Waals surface area contributed by atoms with Crippen LogP contribution in [0.4, 0.5) is 4.79 Å². The number of hydrogen-bond acceptors (Lipinski definition) is 3. The summed E-state index contributed by atoms with van der Waals surface area (Å²) in [4.78, 5) is 13.7. The van der Waals surface area contributed by atoms with Crippen molar-refractivity contribution in [1.82, 2.24) is 4.90 Å². The Hall–Kier alpha value is -2.23. The lowest BCUT2D eigenvalue weighted by molar-refractivity contribution is 0.104. The molecular weight excluding hydrogens is 242 g/mol. The highest BCUT2D eigenvalue weighted by molar-refractivity contribution is 5.69. The van der Waals surface area contributed by atoms with E-state index in [1.807, 2.05) is 30.3 Å². The van der Waals surface area contributed by atoms with Gasteiger partial charge in [-0.2, -0.15) is 0 Å². The zero-order valence-corrected chi connectivity index (χ0v) is 10.7. The van der Waals surface area contributed by atoms with Gasteiger partial charge in [0.2, 0.25) is 0 Å². The molecule has 1 aliphatic rings. The fraction of sp³-hybridized carbons (Fsp3) is 0.267. The maximum absolute atomic E-state index is 11.9. The lowest BCUT2D eigenvalue weighted by Gasteiger charge is -2.35. The minimum Gasteiger partial charge on any atom is -0.467 e. The number of carbonyl (C=O) groups excluding carboxylic acids is 1. The highest BCUT2D eigenvalue weighted by atomic mass is 16.5. The quantitative estimate of drug-likeness (QED) is 0.788. The Morgan fingerprint density at radius 1 is 1.32 bits per heavy atom. The van der Waals surface area contributed by atoms with Crippen LogP contribution in [0.5, 0.6) is 0 Å².